The number of phenols is 1. The molecule has 0 bridgehead atoms. The van der Waals surface area contributed by atoms with Crippen molar-refractivity contribution in [3.63, 3.8) is 0 Å². The topological polar surface area (TPSA) is 135 Å². The van der Waals surface area contributed by atoms with Gasteiger partial charge in [-0.25, -0.2) is 0 Å². The molecule has 0 aliphatic carbocycles. The van der Waals surface area contributed by atoms with Crippen molar-refractivity contribution in [2.45, 2.75) is 19.5 Å². The molecule has 2 amide bonds. The summed E-state index contributed by atoms with van der Waals surface area (Å²) in [6.07, 6.45) is 2.59. The monoisotopic (exact) mass is 333 g/mol. The summed E-state index contributed by atoms with van der Waals surface area (Å²) in [7, 11) is 0. The van der Waals surface area contributed by atoms with Gasteiger partial charge in [0.1, 0.15) is 18.1 Å². The third-order valence-corrected chi connectivity index (χ3v) is 3.25. The first-order chi connectivity index (χ1) is 11.4. The average Bonchev–Trinajstić information content (AvgIpc) is 3.08. The minimum atomic E-state index is -0.840. The summed E-state index contributed by atoms with van der Waals surface area (Å²) in [5, 5.41) is 25.4. The first-order valence-electron chi connectivity index (χ1n) is 6.95. The summed E-state index contributed by atoms with van der Waals surface area (Å²) in [6.45, 7) is 1.37. The molecule has 9 nitrogen and oxygen atoms in total. The highest BCUT2D eigenvalue weighted by molar-refractivity contribution is 5.97. The zero-order valence-corrected chi connectivity index (χ0v) is 12.7. The lowest BCUT2D eigenvalue weighted by Crippen LogP contribution is -2.44. The van der Waals surface area contributed by atoms with Gasteiger partial charge in [0.05, 0.1) is 16.7 Å². The molecule has 1 atom stereocenters. The molecule has 0 spiro atoms. The molecule has 24 heavy (non-hydrogen) atoms. The summed E-state index contributed by atoms with van der Waals surface area (Å²) in [5.41, 5.74) is 0.287. The van der Waals surface area contributed by atoms with Gasteiger partial charge in [0.25, 0.3) is 11.6 Å². The van der Waals surface area contributed by atoms with Gasteiger partial charge in [0.2, 0.25) is 5.91 Å². The minimum absolute atomic E-state index is 0.113. The van der Waals surface area contributed by atoms with Gasteiger partial charge in [-0.05, 0) is 19.1 Å². The number of hydrogen-bond acceptors (Lipinski definition) is 6. The van der Waals surface area contributed by atoms with Crippen molar-refractivity contribution in [3.8, 4) is 5.75 Å². The molecule has 0 aliphatic heterocycles. The van der Waals surface area contributed by atoms with Crippen LogP contribution < -0.4 is 10.6 Å². The maximum atomic E-state index is 12.0. The normalized spacial score (nSPS) is 11.5. The Kier molecular flexibility index (Phi) is 5.15. The molecule has 0 aliphatic rings. The highest BCUT2D eigenvalue weighted by atomic mass is 16.6. The molecule has 0 fully saturated rings. The van der Waals surface area contributed by atoms with Gasteiger partial charge < -0.3 is 20.2 Å². The van der Waals surface area contributed by atoms with E-state index in [2.05, 4.69) is 10.6 Å². The van der Waals surface area contributed by atoms with Gasteiger partial charge >= 0.3 is 0 Å². The maximum Gasteiger partial charge on any atom is 0.270 e. The molecule has 2 rings (SSSR count). The van der Waals surface area contributed by atoms with Crippen molar-refractivity contribution >= 4 is 17.5 Å². The molecule has 0 unspecified atom stereocenters. The average molecular weight is 333 g/mol. The first-order valence-corrected chi connectivity index (χ1v) is 6.95. The number of furan rings is 1. The maximum absolute atomic E-state index is 12.0. The Morgan fingerprint density at radius 2 is 2.12 bits per heavy atom. The van der Waals surface area contributed by atoms with Crippen LogP contribution in [0.5, 0.6) is 5.75 Å². The lowest BCUT2D eigenvalue weighted by atomic mass is 10.1. The Morgan fingerprint density at radius 1 is 1.38 bits per heavy atom. The number of amides is 2. The summed E-state index contributed by atoms with van der Waals surface area (Å²) in [5.74, 6) is -1.14. The highest BCUT2D eigenvalue weighted by Crippen LogP contribution is 2.22. The molecule has 1 aromatic heterocycles. The zero-order valence-electron chi connectivity index (χ0n) is 12.7. The van der Waals surface area contributed by atoms with E-state index in [0.717, 1.165) is 6.07 Å². The van der Waals surface area contributed by atoms with Crippen molar-refractivity contribution in [2.24, 2.45) is 0 Å². The lowest BCUT2D eigenvalue weighted by molar-refractivity contribution is -0.384. The van der Waals surface area contributed by atoms with E-state index in [-0.39, 0.29) is 29.1 Å². The summed E-state index contributed by atoms with van der Waals surface area (Å²) in [6, 6.07) is 4.14. The fourth-order valence-corrected chi connectivity index (χ4v) is 1.90. The number of nitrogens with zero attached hydrogens (tertiary/aromatic N) is 1. The van der Waals surface area contributed by atoms with Crippen molar-refractivity contribution < 1.29 is 24.0 Å². The Morgan fingerprint density at radius 3 is 2.75 bits per heavy atom. The van der Waals surface area contributed by atoms with Crippen LogP contribution in [-0.2, 0) is 11.3 Å². The summed E-state index contributed by atoms with van der Waals surface area (Å²) in [4.78, 5) is 33.9. The number of non-ortho nitro benzene ring substituents is 1. The molecule has 9 heteroatoms. The second-order valence-corrected chi connectivity index (χ2v) is 5.00. The van der Waals surface area contributed by atoms with Gasteiger partial charge in [0.15, 0.2) is 0 Å². The van der Waals surface area contributed by atoms with Crippen LogP contribution in [0.15, 0.2) is 41.2 Å². The Labute approximate surface area is 136 Å². The number of nitro groups is 1. The van der Waals surface area contributed by atoms with E-state index >= 15 is 0 Å². The molecule has 0 saturated heterocycles. The third-order valence-electron chi connectivity index (χ3n) is 3.25. The van der Waals surface area contributed by atoms with Crippen LogP contribution >= 0.6 is 0 Å². The van der Waals surface area contributed by atoms with Crippen molar-refractivity contribution in [3.05, 3.63) is 58.0 Å². The van der Waals surface area contributed by atoms with Crippen LogP contribution in [-0.4, -0.2) is 27.9 Å². The van der Waals surface area contributed by atoms with E-state index < -0.39 is 22.8 Å². The van der Waals surface area contributed by atoms with E-state index in [0.29, 0.717) is 0 Å². The fraction of sp³-hybridized carbons (Fsp3) is 0.200. The van der Waals surface area contributed by atoms with Crippen molar-refractivity contribution in [2.75, 3.05) is 0 Å². The number of benzene rings is 1. The van der Waals surface area contributed by atoms with Gasteiger partial charge in [-0.1, -0.05) is 0 Å². The smallest absolute Gasteiger partial charge is 0.270 e. The number of phenolic OH excluding ortho intramolecular Hbond substituents is 1. The van der Waals surface area contributed by atoms with E-state index in [1.54, 1.807) is 0 Å². The quantitative estimate of drug-likeness (QED) is 0.539. The van der Waals surface area contributed by atoms with Gasteiger partial charge in [-0.3, -0.25) is 19.7 Å². The number of carbonyl (C=O) groups is 2. The van der Waals surface area contributed by atoms with E-state index in [1.807, 2.05) is 0 Å². The number of rotatable bonds is 6. The molecule has 126 valence electrons. The fourth-order valence-electron chi connectivity index (χ4n) is 1.90. The van der Waals surface area contributed by atoms with Crippen LogP contribution in [0.1, 0.15) is 22.8 Å². The zero-order chi connectivity index (χ0) is 17.7. The molecular weight excluding hydrogens is 318 g/mol. The van der Waals surface area contributed by atoms with Crippen LogP contribution in [0.2, 0.25) is 0 Å². The number of carbonyl (C=O) groups excluding carboxylic acids is 2. The summed E-state index contributed by atoms with van der Waals surface area (Å²) >= 11 is 0. The van der Waals surface area contributed by atoms with Crippen LogP contribution in [0.4, 0.5) is 5.69 Å². The largest absolute Gasteiger partial charge is 0.508 e. The summed E-state index contributed by atoms with van der Waals surface area (Å²) < 4.78 is 4.78. The first kappa shape index (κ1) is 17.0. The molecule has 1 heterocycles. The van der Waals surface area contributed by atoms with Crippen LogP contribution in [0.25, 0.3) is 0 Å². The second-order valence-electron chi connectivity index (χ2n) is 5.00. The van der Waals surface area contributed by atoms with Crippen molar-refractivity contribution in [1.29, 1.82) is 0 Å². The standard InChI is InChI=1S/C15H15N3O6/c1-9(17-15(21)10-4-5-24-8-10)14(20)16-7-11-6-12(18(22)23)2-3-13(11)19/h2-6,8-9,19H,7H2,1H3,(H,16,20)(H,17,21)/t9-/m1/s1. The number of hydrogen-bond donors (Lipinski definition) is 3. The van der Waals surface area contributed by atoms with Gasteiger partial charge in [0, 0.05) is 24.2 Å². The second kappa shape index (κ2) is 7.27. The molecule has 0 radical (unpaired) electrons. The van der Waals surface area contributed by atoms with E-state index in [4.69, 9.17) is 4.42 Å². The van der Waals surface area contributed by atoms with Gasteiger partial charge in [-0.2, -0.15) is 0 Å². The van der Waals surface area contributed by atoms with Gasteiger partial charge in [-0.15, -0.1) is 0 Å². The predicted octanol–water partition coefficient (Wildman–Crippen LogP) is 1.33. The molecular formula is C15H15N3O6. The Bertz CT molecular complexity index is 757. The minimum Gasteiger partial charge on any atom is -0.508 e. The SMILES string of the molecule is C[C@@H](NC(=O)c1ccoc1)C(=O)NCc1cc([N+](=O)[O-])ccc1O. The number of nitrogens with one attached hydrogen (secondary N) is 2. The lowest BCUT2D eigenvalue weighted by Gasteiger charge is -2.14. The third kappa shape index (κ3) is 4.09. The molecule has 3 N–H and O–H groups in total. The number of nitro benzene ring substituents is 1. The highest BCUT2D eigenvalue weighted by Gasteiger charge is 2.18. The van der Waals surface area contributed by atoms with Crippen molar-refractivity contribution in [1.82, 2.24) is 10.6 Å². The molecule has 2 aromatic rings. The number of aromatic hydroxyl groups is 1. The van der Waals surface area contributed by atoms with E-state index in [1.165, 1.54) is 37.6 Å². The Balaban J connectivity index is 1.94. The van der Waals surface area contributed by atoms with Crippen LogP contribution in [0, 0.1) is 10.1 Å². The predicted molar refractivity (Wildman–Crippen MR) is 82.2 cm³/mol. The van der Waals surface area contributed by atoms with Crippen LogP contribution in [0.3, 0.4) is 0 Å². The molecule has 0 saturated carbocycles. The van der Waals surface area contributed by atoms with E-state index in [9.17, 15) is 24.8 Å². The molecule has 1 aromatic carbocycles. The Hall–Kier alpha value is -3.36.